The lowest BCUT2D eigenvalue weighted by Crippen LogP contribution is -2.25. The van der Waals surface area contributed by atoms with Gasteiger partial charge in [-0.3, -0.25) is 0 Å². The fraction of sp³-hybridized carbons (Fsp3) is 0.231. The number of methoxy groups -OCH3 is 2. The van der Waals surface area contributed by atoms with Crippen molar-refractivity contribution in [3.8, 4) is 0 Å². The summed E-state index contributed by atoms with van der Waals surface area (Å²) in [6, 6.07) is 3.65. The molecule has 0 spiro atoms. The van der Waals surface area contributed by atoms with Crippen LogP contribution in [0.15, 0.2) is 36.9 Å². The number of ether oxygens (including phenoxy) is 2. The van der Waals surface area contributed by atoms with E-state index in [0.29, 0.717) is 5.82 Å². The molecule has 0 unspecified atom stereocenters. The van der Waals surface area contributed by atoms with Gasteiger partial charge in [-0.15, -0.1) is 0 Å². The number of rotatable bonds is 5. The maximum Gasteiger partial charge on any atom is 0.357 e. The third-order valence-corrected chi connectivity index (χ3v) is 2.34. The number of likely N-dealkylation sites (N-methyl/N-ethyl adjacent to an activating group) is 1. The first-order valence-electron chi connectivity index (χ1n) is 5.28. The Kier molecular flexibility index (Phi) is 4.92. The standard InChI is InChI=1S/C13H16N2O3/c1-5-10-7-6-8-14-12(10)15(2)11(9-17-3)13(16)18-4/h5-9H,1H2,2-4H3. The van der Waals surface area contributed by atoms with Crippen molar-refractivity contribution < 1.29 is 14.3 Å². The highest BCUT2D eigenvalue weighted by atomic mass is 16.5. The molecule has 0 fully saturated rings. The molecule has 0 amide bonds. The molecule has 0 aliphatic rings. The SMILES string of the molecule is C=Cc1cccnc1N(C)C(=COC)C(=O)OC. The molecule has 1 heterocycles. The Hall–Kier alpha value is -2.30. The normalized spacial score (nSPS) is 10.7. The van der Waals surface area contributed by atoms with Crippen LogP contribution in [0.5, 0.6) is 0 Å². The summed E-state index contributed by atoms with van der Waals surface area (Å²) in [4.78, 5) is 17.5. The lowest BCUT2D eigenvalue weighted by molar-refractivity contribution is -0.136. The van der Waals surface area contributed by atoms with Gasteiger partial charge >= 0.3 is 5.97 Å². The summed E-state index contributed by atoms with van der Waals surface area (Å²) in [5.41, 5.74) is 1.06. The predicted octanol–water partition coefficient (Wildman–Crippen LogP) is 1.82. The van der Waals surface area contributed by atoms with Crippen molar-refractivity contribution in [2.24, 2.45) is 0 Å². The zero-order valence-corrected chi connectivity index (χ0v) is 10.7. The number of carbonyl (C=O) groups is 1. The third kappa shape index (κ3) is 2.88. The Morgan fingerprint density at radius 2 is 2.22 bits per heavy atom. The highest BCUT2D eigenvalue weighted by Gasteiger charge is 2.19. The van der Waals surface area contributed by atoms with Gasteiger partial charge in [0.2, 0.25) is 0 Å². The van der Waals surface area contributed by atoms with Crippen LogP contribution in [0.1, 0.15) is 5.56 Å². The number of carbonyl (C=O) groups excluding carboxylic acids is 1. The van der Waals surface area contributed by atoms with Crippen LogP contribution in [-0.4, -0.2) is 32.2 Å². The first kappa shape index (κ1) is 13.8. The number of pyridine rings is 1. The highest BCUT2D eigenvalue weighted by Crippen LogP contribution is 2.21. The quantitative estimate of drug-likeness (QED) is 0.452. The average molecular weight is 248 g/mol. The van der Waals surface area contributed by atoms with Crippen LogP contribution in [-0.2, 0) is 14.3 Å². The number of aromatic nitrogens is 1. The van der Waals surface area contributed by atoms with Gasteiger partial charge in [0, 0.05) is 18.8 Å². The van der Waals surface area contributed by atoms with E-state index >= 15 is 0 Å². The molecule has 0 N–H and O–H groups in total. The van der Waals surface area contributed by atoms with Crippen LogP contribution in [0.25, 0.3) is 6.08 Å². The molecule has 1 rings (SSSR count). The Morgan fingerprint density at radius 1 is 1.50 bits per heavy atom. The van der Waals surface area contributed by atoms with Gasteiger partial charge in [-0.2, -0.15) is 0 Å². The third-order valence-electron chi connectivity index (χ3n) is 2.34. The Morgan fingerprint density at radius 3 is 2.78 bits per heavy atom. The molecule has 0 aromatic carbocycles. The van der Waals surface area contributed by atoms with Crippen LogP contribution in [0.4, 0.5) is 5.82 Å². The molecule has 0 saturated heterocycles. The molecule has 0 atom stereocenters. The fourth-order valence-electron chi connectivity index (χ4n) is 1.44. The zero-order valence-electron chi connectivity index (χ0n) is 10.7. The Balaban J connectivity index is 3.17. The Labute approximate surface area is 106 Å². The van der Waals surface area contributed by atoms with E-state index in [2.05, 4.69) is 11.6 Å². The predicted molar refractivity (Wildman–Crippen MR) is 69.8 cm³/mol. The molecular formula is C13H16N2O3. The minimum atomic E-state index is -0.500. The first-order valence-corrected chi connectivity index (χ1v) is 5.28. The first-order chi connectivity index (χ1) is 8.65. The van der Waals surface area contributed by atoms with Crippen LogP contribution in [0, 0.1) is 0 Å². The number of hydrogen-bond donors (Lipinski definition) is 0. The fourth-order valence-corrected chi connectivity index (χ4v) is 1.44. The number of hydrogen-bond acceptors (Lipinski definition) is 5. The van der Waals surface area contributed by atoms with Crippen LogP contribution in [0.2, 0.25) is 0 Å². The van der Waals surface area contributed by atoms with Crippen LogP contribution < -0.4 is 4.90 Å². The number of nitrogens with zero attached hydrogens (tertiary/aromatic N) is 2. The van der Waals surface area contributed by atoms with Crippen molar-refractivity contribution in [1.82, 2.24) is 4.98 Å². The van der Waals surface area contributed by atoms with E-state index in [4.69, 9.17) is 9.47 Å². The van der Waals surface area contributed by atoms with Gasteiger partial charge in [-0.25, -0.2) is 9.78 Å². The number of anilines is 1. The summed E-state index contributed by atoms with van der Waals surface area (Å²) in [7, 11) is 4.48. The minimum Gasteiger partial charge on any atom is -0.502 e. The summed E-state index contributed by atoms with van der Waals surface area (Å²) < 4.78 is 9.58. The molecular weight excluding hydrogens is 232 g/mol. The second kappa shape index (κ2) is 6.44. The molecule has 5 heteroatoms. The molecule has 96 valence electrons. The molecule has 0 radical (unpaired) electrons. The van der Waals surface area contributed by atoms with Crippen molar-refractivity contribution in [2.75, 3.05) is 26.2 Å². The molecule has 0 aliphatic carbocycles. The number of esters is 1. The highest BCUT2D eigenvalue weighted by molar-refractivity contribution is 5.92. The molecule has 1 aromatic heterocycles. The lowest BCUT2D eigenvalue weighted by Gasteiger charge is -2.20. The van der Waals surface area contributed by atoms with E-state index in [1.165, 1.54) is 20.5 Å². The lowest BCUT2D eigenvalue weighted by atomic mass is 10.2. The largest absolute Gasteiger partial charge is 0.502 e. The zero-order chi connectivity index (χ0) is 13.5. The van der Waals surface area contributed by atoms with Gasteiger partial charge in [0.1, 0.15) is 12.1 Å². The van der Waals surface area contributed by atoms with Crippen molar-refractivity contribution in [3.05, 3.63) is 42.4 Å². The van der Waals surface area contributed by atoms with E-state index in [1.807, 2.05) is 6.07 Å². The minimum absolute atomic E-state index is 0.252. The van der Waals surface area contributed by atoms with E-state index in [0.717, 1.165) is 5.56 Å². The van der Waals surface area contributed by atoms with Crippen molar-refractivity contribution in [2.45, 2.75) is 0 Å². The maximum atomic E-state index is 11.7. The monoisotopic (exact) mass is 248 g/mol. The van der Waals surface area contributed by atoms with Gasteiger partial charge in [0.15, 0.2) is 5.70 Å². The molecule has 0 aliphatic heterocycles. The topological polar surface area (TPSA) is 51.7 Å². The van der Waals surface area contributed by atoms with E-state index < -0.39 is 5.97 Å². The van der Waals surface area contributed by atoms with Crippen molar-refractivity contribution in [3.63, 3.8) is 0 Å². The molecule has 18 heavy (non-hydrogen) atoms. The summed E-state index contributed by atoms with van der Waals surface area (Å²) in [6.07, 6.45) is 4.62. The van der Waals surface area contributed by atoms with E-state index in [1.54, 1.807) is 30.3 Å². The second-order valence-corrected chi connectivity index (χ2v) is 3.41. The summed E-state index contributed by atoms with van der Waals surface area (Å²) >= 11 is 0. The van der Waals surface area contributed by atoms with Crippen LogP contribution in [0.3, 0.4) is 0 Å². The van der Waals surface area contributed by atoms with Gasteiger partial charge in [0.05, 0.1) is 14.2 Å². The summed E-state index contributed by atoms with van der Waals surface area (Å²) in [5, 5.41) is 0. The average Bonchev–Trinajstić information content (AvgIpc) is 2.43. The van der Waals surface area contributed by atoms with Crippen molar-refractivity contribution >= 4 is 17.9 Å². The summed E-state index contributed by atoms with van der Waals surface area (Å²) in [6.45, 7) is 3.71. The molecule has 0 saturated carbocycles. The van der Waals surface area contributed by atoms with Gasteiger partial charge in [-0.1, -0.05) is 12.7 Å². The smallest absolute Gasteiger partial charge is 0.357 e. The molecule has 0 bridgehead atoms. The Bertz CT molecular complexity index is 469. The molecule has 1 aromatic rings. The summed E-state index contributed by atoms with van der Waals surface area (Å²) in [5.74, 6) is 0.0983. The van der Waals surface area contributed by atoms with Crippen molar-refractivity contribution in [1.29, 1.82) is 0 Å². The van der Waals surface area contributed by atoms with E-state index in [-0.39, 0.29) is 5.70 Å². The molecule has 5 nitrogen and oxygen atoms in total. The van der Waals surface area contributed by atoms with E-state index in [9.17, 15) is 4.79 Å². The van der Waals surface area contributed by atoms with Gasteiger partial charge < -0.3 is 14.4 Å². The van der Waals surface area contributed by atoms with Gasteiger partial charge in [0.25, 0.3) is 0 Å². The maximum absolute atomic E-state index is 11.7. The van der Waals surface area contributed by atoms with Crippen LogP contribution >= 0.6 is 0 Å². The second-order valence-electron chi connectivity index (χ2n) is 3.41. The van der Waals surface area contributed by atoms with Gasteiger partial charge in [-0.05, 0) is 12.1 Å².